The lowest BCUT2D eigenvalue weighted by molar-refractivity contribution is 0.717. The Bertz CT molecular complexity index is 528. The summed E-state index contributed by atoms with van der Waals surface area (Å²) in [5.74, 6) is 0.425. The molecule has 1 aliphatic rings. The van der Waals surface area contributed by atoms with Crippen LogP contribution < -0.4 is 5.32 Å². The van der Waals surface area contributed by atoms with Gasteiger partial charge in [0.15, 0.2) is 5.65 Å². The van der Waals surface area contributed by atoms with Crippen molar-refractivity contribution in [3.05, 3.63) is 28.7 Å². The normalized spacial score (nSPS) is 20.8. The summed E-state index contributed by atoms with van der Waals surface area (Å²) in [6.07, 6.45) is 4.88. The van der Waals surface area contributed by atoms with Crippen molar-refractivity contribution in [3.8, 4) is 0 Å². The Morgan fingerprint density at radius 1 is 1.56 bits per heavy atom. The highest BCUT2D eigenvalue weighted by molar-refractivity contribution is 6.34. The van der Waals surface area contributed by atoms with Crippen LogP contribution in [0.5, 0.6) is 0 Å². The van der Waals surface area contributed by atoms with Crippen LogP contribution in [-0.4, -0.2) is 27.7 Å². The van der Waals surface area contributed by atoms with Gasteiger partial charge in [0, 0.05) is 24.9 Å². The highest BCUT2D eigenvalue weighted by Crippen LogP contribution is 2.30. The van der Waals surface area contributed by atoms with Gasteiger partial charge in [-0.05, 0) is 25.5 Å². The number of hydrogen-bond acceptors (Lipinski definition) is 3. The standard InChI is InChI=1S/C11H13ClN4/c1-7-4-14-11-9(12)10(15-16(11)6-7)8-2-3-13-5-8/h4,6,8,13H,2-3,5H2,1H3. The molecule has 16 heavy (non-hydrogen) atoms. The van der Waals surface area contributed by atoms with E-state index in [0.717, 1.165) is 36.4 Å². The van der Waals surface area contributed by atoms with Gasteiger partial charge < -0.3 is 5.32 Å². The molecule has 0 saturated carbocycles. The van der Waals surface area contributed by atoms with E-state index in [2.05, 4.69) is 15.4 Å². The Kier molecular flexibility index (Phi) is 2.33. The van der Waals surface area contributed by atoms with Gasteiger partial charge in [-0.1, -0.05) is 11.6 Å². The summed E-state index contributed by atoms with van der Waals surface area (Å²) in [7, 11) is 0. The van der Waals surface area contributed by atoms with Gasteiger partial charge in [-0.15, -0.1) is 0 Å². The quantitative estimate of drug-likeness (QED) is 0.821. The molecule has 0 radical (unpaired) electrons. The fraction of sp³-hybridized carbons (Fsp3) is 0.455. The average molecular weight is 237 g/mol. The van der Waals surface area contributed by atoms with Gasteiger partial charge in [-0.2, -0.15) is 5.10 Å². The Balaban J connectivity index is 2.14. The summed E-state index contributed by atoms with van der Waals surface area (Å²) in [6.45, 7) is 4.00. The fourth-order valence-corrected chi connectivity index (χ4v) is 2.49. The summed E-state index contributed by atoms with van der Waals surface area (Å²) >= 11 is 6.32. The number of fused-ring (bicyclic) bond motifs is 1. The van der Waals surface area contributed by atoms with Crippen molar-refractivity contribution >= 4 is 17.2 Å². The van der Waals surface area contributed by atoms with E-state index in [1.165, 1.54) is 0 Å². The second kappa shape index (κ2) is 3.71. The molecule has 5 heteroatoms. The van der Waals surface area contributed by atoms with Gasteiger partial charge in [0.25, 0.3) is 0 Å². The Morgan fingerprint density at radius 3 is 3.19 bits per heavy atom. The summed E-state index contributed by atoms with van der Waals surface area (Å²) in [4.78, 5) is 4.32. The molecule has 3 heterocycles. The molecule has 4 nitrogen and oxygen atoms in total. The molecule has 1 fully saturated rings. The molecule has 1 saturated heterocycles. The van der Waals surface area contributed by atoms with Crippen LogP contribution in [0, 0.1) is 6.92 Å². The number of hydrogen-bond donors (Lipinski definition) is 1. The molecule has 3 rings (SSSR count). The van der Waals surface area contributed by atoms with Crippen LogP contribution in [0.3, 0.4) is 0 Å². The predicted octanol–water partition coefficient (Wildman–Crippen LogP) is 1.77. The first-order valence-corrected chi connectivity index (χ1v) is 5.84. The fourth-order valence-electron chi connectivity index (χ4n) is 2.17. The van der Waals surface area contributed by atoms with Crippen molar-refractivity contribution < 1.29 is 0 Å². The molecule has 2 aromatic rings. The van der Waals surface area contributed by atoms with Crippen LogP contribution in [0.1, 0.15) is 23.6 Å². The molecule has 0 aromatic carbocycles. The zero-order chi connectivity index (χ0) is 11.1. The van der Waals surface area contributed by atoms with Crippen molar-refractivity contribution in [2.24, 2.45) is 0 Å². The van der Waals surface area contributed by atoms with Crippen LogP contribution in [0.4, 0.5) is 0 Å². The zero-order valence-electron chi connectivity index (χ0n) is 9.07. The van der Waals surface area contributed by atoms with Crippen LogP contribution in [0.2, 0.25) is 5.02 Å². The van der Waals surface area contributed by atoms with Crippen molar-refractivity contribution in [2.45, 2.75) is 19.3 Å². The van der Waals surface area contributed by atoms with Crippen molar-refractivity contribution in [2.75, 3.05) is 13.1 Å². The maximum atomic E-state index is 6.32. The van der Waals surface area contributed by atoms with Crippen molar-refractivity contribution in [1.82, 2.24) is 19.9 Å². The van der Waals surface area contributed by atoms with Gasteiger partial charge in [0.1, 0.15) is 5.02 Å². The van der Waals surface area contributed by atoms with Crippen molar-refractivity contribution in [1.29, 1.82) is 0 Å². The minimum Gasteiger partial charge on any atom is -0.316 e. The number of aromatic nitrogens is 3. The van der Waals surface area contributed by atoms with Gasteiger partial charge >= 0.3 is 0 Å². The number of rotatable bonds is 1. The Morgan fingerprint density at radius 2 is 2.44 bits per heavy atom. The van der Waals surface area contributed by atoms with Crippen LogP contribution in [0.25, 0.3) is 5.65 Å². The molecule has 1 unspecified atom stereocenters. The lowest BCUT2D eigenvalue weighted by atomic mass is 10.1. The van der Waals surface area contributed by atoms with Crippen LogP contribution in [0.15, 0.2) is 12.4 Å². The van der Waals surface area contributed by atoms with Gasteiger partial charge in [-0.25, -0.2) is 9.50 Å². The summed E-state index contributed by atoms with van der Waals surface area (Å²) in [6, 6.07) is 0. The van der Waals surface area contributed by atoms with E-state index >= 15 is 0 Å². The number of nitrogens with zero attached hydrogens (tertiary/aromatic N) is 3. The minimum atomic E-state index is 0.425. The second-order valence-electron chi connectivity index (χ2n) is 4.29. The highest BCUT2D eigenvalue weighted by Gasteiger charge is 2.24. The first-order valence-electron chi connectivity index (χ1n) is 5.47. The first-order chi connectivity index (χ1) is 7.75. The smallest absolute Gasteiger partial charge is 0.174 e. The van der Waals surface area contributed by atoms with Gasteiger partial charge in [-0.3, -0.25) is 0 Å². The molecule has 0 bridgehead atoms. The SMILES string of the molecule is Cc1cnc2c(Cl)c(C3CCNC3)nn2c1. The first kappa shape index (κ1) is 10.1. The van der Waals surface area contributed by atoms with E-state index in [4.69, 9.17) is 11.6 Å². The molecule has 0 aliphatic carbocycles. The summed E-state index contributed by atoms with van der Waals surface area (Å²) < 4.78 is 1.78. The highest BCUT2D eigenvalue weighted by atomic mass is 35.5. The largest absolute Gasteiger partial charge is 0.316 e. The number of aryl methyl sites for hydroxylation is 1. The second-order valence-corrected chi connectivity index (χ2v) is 4.67. The van der Waals surface area contributed by atoms with E-state index < -0.39 is 0 Å². The van der Waals surface area contributed by atoms with E-state index in [1.54, 1.807) is 4.52 Å². The summed E-state index contributed by atoms with van der Waals surface area (Å²) in [5, 5.41) is 8.57. The van der Waals surface area contributed by atoms with Crippen LogP contribution >= 0.6 is 11.6 Å². The molecular formula is C11H13ClN4. The lowest BCUT2D eigenvalue weighted by Crippen LogP contribution is -2.08. The van der Waals surface area contributed by atoms with Crippen LogP contribution in [-0.2, 0) is 0 Å². The minimum absolute atomic E-state index is 0.425. The maximum Gasteiger partial charge on any atom is 0.174 e. The molecular weight excluding hydrogens is 224 g/mol. The van der Waals surface area contributed by atoms with E-state index in [9.17, 15) is 0 Å². The molecule has 84 valence electrons. The molecule has 0 amide bonds. The topological polar surface area (TPSA) is 42.2 Å². The third-order valence-corrected chi connectivity index (χ3v) is 3.38. The molecule has 1 aliphatic heterocycles. The third-order valence-electron chi connectivity index (χ3n) is 3.02. The number of halogens is 1. The molecule has 0 spiro atoms. The van der Waals surface area contributed by atoms with Gasteiger partial charge in [0.05, 0.1) is 5.69 Å². The predicted molar refractivity (Wildman–Crippen MR) is 63.0 cm³/mol. The monoisotopic (exact) mass is 236 g/mol. The molecule has 2 aromatic heterocycles. The Hall–Kier alpha value is -1.13. The van der Waals surface area contributed by atoms with E-state index in [-0.39, 0.29) is 0 Å². The average Bonchev–Trinajstić information content (AvgIpc) is 2.86. The Labute approximate surface area is 98.6 Å². The van der Waals surface area contributed by atoms with E-state index in [0.29, 0.717) is 10.9 Å². The van der Waals surface area contributed by atoms with Crippen molar-refractivity contribution in [3.63, 3.8) is 0 Å². The zero-order valence-corrected chi connectivity index (χ0v) is 9.83. The lowest BCUT2D eigenvalue weighted by Gasteiger charge is -2.02. The van der Waals surface area contributed by atoms with E-state index in [1.807, 2.05) is 19.3 Å². The molecule has 1 atom stereocenters. The molecule has 1 N–H and O–H groups in total. The summed E-state index contributed by atoms with van der Waals surface area (Å²) in [5.41, 5.74) is 2.82. The number of nitrogens with one attached hydrogen (secondary N) is 1. The van der Waals surface area contributed by atoms with Gasteiger partial charge in [0.2, 0.25) is 0 Å². The maximum absolute atomic E-state index is 6.32. The third kappa shape index (κ3) is 1.49.